The van der Waals surface area contributed by atoms with Crippen LogP contribution in [0, 0.1) is 5.92 Å². The molecule has 1 unspecified atom stereocenters. The maximum atomic E-state index is 9.70. The molecule has 1 atom stereocenters. The molecule has 0 aliphatic rings. The van der Waals surface area contributed by atoms with E-state index in [0.29, 0.717) is 0 Å². The fraction of sp³-hybridized carbons (Fsp3) is 1.00. The van der Waals surface area contributed by atoms with Gasteiger partial charge in [-0.15, -0.1) is 0 Å². The van der Waals surface area contributed by atoms with Gasteiger partial charge < -0.3 is 14.9 Å². The first-order valence-corrected chi connectivity index (χ1v) is 5.56. The smallest absolute Gasteiger partial charge is 0.281 e. The van der Waals surface area contributed by atoms with Gasteiger partial charge in [0.15, 0.2) is 0 Å². The molecule has 2 N–H and O–H groups in total. The van der Waals surface area contributed by atoms with Gasteiger partial charge in [-0.3, -0.25) is 0 Å². The lowest BCUT2D eigenvalue weighted by atomic mass is 9.96. The molecule has 0 aromatic heterocycles. The van der Waals surface area contributed by atoms with Gasteiger partial charge in [-0.2, -0.15) is 0 Å². The molecule has 0 aliphatic carbocycles. The van der Waals surface area contributed by atoms with Crippen molar-refractivity contribution in [1.82, 2.24) is 0 Å². The number of unbranched alkanes of at least 4 members (excludes halogenated alkanes) is 1. The molecule has 86 valence electrons. The zero-order valence-electron chi connectivity index (χ0n) is 9.79. The molecule has 0 radical (unpaired) electrons. The van der Waals surface area contributed by atoms with Gasteiger partial charge in [0.05, 0.1) is 6.10 Å². The summed E-state index contributed by atoms with van der Waals surface area (Å²) in [5.74, 6) is -2.15. The Kier molecular flexibility index (Phi) is 6.33. The topological polar surface area (TPSA) is 49.7 Å². The standard InChI is InChI=1S/C11H24O3/c1-5-7-8-10(6-2)11(12,13)14-9(3)4/h9-10,12-13H,5-8H2,1-4H3. The van der Waals surface area contributed by atoms with Crippen molar-refractivity contribution in [1.29, 1.82) is 0 Å². The van der Waals surface area contributed by atoms with Crippen LogP contribution in [0.25, 0.3) is 0 Å². The highest BCUT2D eigenvalue weighted by Crippen LogP contribution is 2.26. The van der Waals surface area contributed by atoms with Crippen molar-refractivity contribution in [3.63, 3.8) is 0 Å². The minimum absolute atomic E-state index is 0.166. The van der Waals surface area contributed by atoms with Crippen LogP contribution in [0.4, 0.5) is 0 Å². The van der Waals surface area contributed by atoms with Crippen LogP contribution in [0.15, 0.2) is 0 Å². The lowest BCUT2D eigenvalue weighted by molar-refractivity contribution is -0.378. The Balaban J connectivity index is 4.17. The van der Waals surface area contributed by atoms with Crippen LogP contribution in [0.3, 0.4) is 0 Å². The normalized spacial score (nSPS) is 14.8. The summed E-state index contributed by atoms with van der Waals surface area (Å²) in [4.78, 5) is 0. The van der Waals surface area contributed by atoms with Crippen molar-refractivity contribution in [3.8, 4) is 0 Å². The van der Waals surface area contributed by atoms with Crippen molar-refractivity contribution < 1.29 is 14.9 Å². The zero-order valence-corrected chi connectivity index (χ0v) is 9.79. The van der Waals surface area contributed by atoms with Gasteiger partial charge in [0.1, 0.15) is 0 Å². The Morgan fingerprint density at radius 3 is 2.14 bits per heavy atom. The van der Waals surface area contributed by atoms with Gasteiger partial charge >= 0.3 is 0 Å². The number of aliphatic hydroxyl groups is 2. The molecule has 0 rings (SSSR count). The van der Waals surface area contributed by atoms with E-state index in [0.717, 1.165) is 25.7 Å². The van der Waals surface area contributed by atoms with Gasteiger partial charge in [0, 0.05) is 5.92 Å². The Labute approximate surface area is 87.1 Å². The van der Waals surface area contributed by atoms with E-state index < -0.39 is 5.97 Å². The molecular weight excluding hydrogens is 180 g/mol. The Bertz CT molecular complexity index is 143. The monoisotopic (exact) mass is 204 g/mol. The fourth-order valence-corrected chi connectivity index (χ4v) is 1.55. The van der Waals surface area contributed by atoms with Crippen molar-refractivity contribution in [2.24, 2.45) is 5.92 Å². The van der Waals surface area contributed by atoms with Crippen molar-refractivity contribution in [2.75, 3.05) is 0 Å². The highest BCUT2D eigenvalue weighted by Gasteiger charge is 2.34. The van der Waals surface area contributed by atoms with E-state index in [1.54, 1.807) is 13.8 Å². The van der Waals surface area contributed by atoms with E-state index >= 15 is 0 Å². The molecule has 0 saturated heterocycles. The molecule has 0 saturated carbocycles. The van der Waals surface area contributed by atoms with Crippen molar-refractivity contribution in [3.05, 3.63) is 0 Å². The van der Waals surface area contributed by atoms with Crippen LogP contribution < -0.4 is 0 Å². The summed E-state index contributed by atoms with van der Waals surface area (Å²) in [7, 11) is 0. The lowest BCUT2D eigenvalue weighted by Crippen LogP contribution is -2.42. The summed E-state index contributed by atoms with van der Waals surface area (Å²) < 4.78 is 5.10. The lowest BCUT2D eigenvalue weighted by Gasteiger charge is -2.31. The fourth-order valence-electron chi connectivity index (χ4n) is 1.55. The zero-order chi connectivity index (χ0) is 11.2. The van der Waals surface area contributed by atoms with Crippen LogP contribution in [0.2, 0.25) is 0 Å². The molecule has 0 aromatic rings. The van der Waals surface area contributed by atoms with Crippen molar-refractivity contribution in [2.45, 2.75) is 65.5 Å². The third-order valence-electron chi connectivity index (χ3n) is 2.34. The molecule has 0 aliphatic heterocycles. The second kappa shape index (κ2) is 6.38. The van der Waals surface area contributed by atoms with E-state index in [1.165, 1.54) is 0 Å². The van der Waals surface area contributed by atoms with Gasteiger partial charge in [-0.05, 0) is 26.7 Å². The van der Waals surface area contributed by atoms with Crippen LogP contribution in [-0.4, -0.2) is 22.3 Å². The molecule has 0 bridgehead atoms. The number of hydrogen-bond acceptors (Lipinski definition) is 3. The summed E-state index contributed by atoms with van der Waals surface area (Å²) in [5.41, 5.74) is 0. The molecule has 0 amide bonds. The SMILES string of the molecule is CCCCC(CC)C(O)(O)OC(C)C. The largest absolute Gasteiger partial charge is 0.343 e. The summed E-state index contributed by atoms with van der Waals surface area (Å²) in [6.45, 7) is 7.64. The van der Waals surface area contributed by atoms with E-state index in [9.17, 15) is 10.2 Å². The number of rotatable bonds is 7. The van der Waals surface area contributed by atoms with Crippen LogP contribution in [0.1, 0.15) is 53.4 Å². The van der Waals surface area contributed by atoms with Gasteiger partial charge in [0.2, 0.25) is 0 Å². The van der Waals surface area contributed by atoms with Crippen LogP contribution >= 0.6 is 0 Å². The summed E-state index contributed by atoms with van der Waals surface area (Å²) in [6, 6.07) is 0. The molecule has 3 nitrogen and oxygen atoms in total. The highest BCUT2D eigenvalue weighted by molar-refractivity contribution is 4.67. The summed E-state index contributed by atoms with van der Waals surface area (Å²) in [6.07, 6.45) is 3.42. The van der Waals surface area contributed by atoms with E-state index in [4.69, 9.17) is 4.74 Å². The molecule has 0 fully saturated rings. The second-order valence-electron chi connectivity index (χ2n) is 4.07. The van der Waals surface area contributed by atoms with Gasteiger partial charge in [-0.25, -0.2) is 0 Å². The molecule has 0 heterocycles. The van der Waals surface area contributed by atoms with Gasteiger partial charge in [-0.1, -0.05) is 26.7 Å². The maximum Gasteiger partial charge on any atom is 0.281 e. The average Bonchev–Trinajstić information content (AvgIpc) is 2.02. The molecule has 14 heavy (non-hydrogen) atoms. The first kappa shape index (κ1) is 13.9. The molecule has 0 spiro atoms. The molecule has 0 aromatic carbocycles. The predicted octanol–water partition coefficient (Wildman–Crippen LogP) is 2.27. The number of ether oxygens (including phenoxy) is 1. The highest BCUT2D eigenvalue weighted by atomic mass is 16.8. The number of hydrogen-bond donors (Lipinski definition) is 2. The third-order valence-corrected chi connectivity index (χ3v) is 2.34. The van der Waals surface area contributed by atoms with E-state index in [1.807, 2.05) is 6.92 Å². The molecular formula is C11H24O3. The summed E-state index contributed by atoms with van der Waals surface area (Å²) >= 11 is 0. The second-order valence-corrected chi connectivity index (χ2v) is 4.07. The predicted molar refractivity (Wildman–Crippen MR) is 56.7 cm³/mol. The van der Waals surface area contributed by atoms with Gasteiger partial charge in [0.25, 0.3) is 5.97 Å². The minimum atomic E-state index is -1.96. The Morgan fingerprint density at radius 1 is 1.21 bits per heavy atom. The van der Waals surface area contributed by atoms with Crippen molar-refractivity contribution >= 4 is 0 Å². The van der Waals surface area contributed by atoms with E-state index in [-0.39, 0.29) is 12.0 Å². The maximum absolute atomic E-state index is 9.70. The third kappa shape index (κ3) is 4.94. The van der Waals surface area contributed by atoms with E-state index in [2.05, 4.69) is 6.92 Å². The Morgan fingerprint density at radius 2 is 1.79 bits per heavy atom. The summed E-state index contributed by atoms with van der Waals surface area (Å²) in [5, 5.41) is 19.4. The molecule has 3 heteroatoms. The first-order chi connectivity index (χ1) is 6.44. The first-order valence-electron chi connectivity index (χ1n) is 5.56. The average molecular weight is 204 g/mol. The van der Waals surface area contributed by atoms with Crippen LogP contribution in [-0.2, 0) is 4.74 Å². The Hall–Kier alpha value is -0.120. The minimum Gasteiger partial charge on any atom is -0.343 e. The van der Waals surface area contributed by atoms with Crippen LogP contribution in [0.5, 0.6) is 0 Å². The quantitative estimate of drug-likeness (QED) is 0.625.